The van der Waals surface area contributed by atoms with Crippen LogP contribution in [-0.4, -0.2) is 21.8 Å². The van der Waals surface area contributed by atoms with Gasteiger partial charge in [0.05, 0.1) is 18.2 Å². The van der Waals surface area contributed by atoms with Gasteiger partial charge in [-0.05, 0) is 26.8 Å². The molecule has 0 unspecified atom stereocenters. The lowest BCUT2D eigenvalue weighted by Gasteiger charge is -2.37. The zero-order valence-corrected chi connectivity index (χ0v) is 9.36. The van der Waals surface area contributed by atoms with Crippen molar-refractivity contribution in [2.75, 3.05) is 0 Å². The van der Waals surface area contributed by atoms with E-state index >= 15 is 0 Å². The summed E-state index contributed by atoms with van der Waals surface area (Å²) in [6.45, 7) is 10.5. The van der Waals surface area contributed by atoms with Gasteiger partial charge < -0.3 is 4.90 Å². The highest BCUT2D eigenvalue weighted by Gasteiger charge is 2.25. The van der Waals surface area contributed by atoms with Crippen molar-refractivity contribution in [2.45, 2.75) is 26.3 Å². The van der Waals surface area contributed by atoms with E-state index < -0.39 is 0 Å². The molecule has 0 saturated heterocycles. The molecule has 1 aliphatic heterocycles. The molecule has 15 heavy (non-hydrogen) atoms. The Morgan fingerprint density at radius 1 is 1.33 bits per heavy atom. The maximum atomic E-state index is 4.37. The van der Waals surface area contributed by atoms with E-state index in [9.17, 15) is 0 Å². The predicted molar refractivity (Wildman–Crippen MR) is 63.0 cm³/mol. The highest BCUT2D eigenvalue weighted by molar-refractivity contribution is 5.86. The molecular formula is C12H15N3. The van der Waals surface area contributed by atoms with Crippen molar-refractivity contribution >= 4 is 17.7 Å². The predicted octanol–water partition coefficient (Wildman–Crippen LogP) is 2.83. The zero-order chi connectivity index (χ0) is 11.1. The van der Waals surface area contributed by atoms with Gasteiger partial charge in [-0.1, -0.05) is 6.58 Å². The molecule has 0 radical (unpaired) electrons. The average molecular weight is 201 g/mol. The van der Waals surface area contributed by atoms with Crippen LogP contribution < -0.4 is 0 Å². The van der Waals surface area contributed by atoms with Crippen LogP contribution in [0.2, 0.25) is 0 Å². The number of hydrogen-bond acceptors (Lipinski definition) is 3. The molecule has 1 aromatic heterocycles. The van der Waals surface area contributed by atoms with E-state index in [1.807, 2.05) is 12.4 Å². The molecule has 1 aliphatic rings. The molecular weight excluding hydrogens is 186 g/mol. The van der Waals surface area contributed by atoms with E-state index in [4.69, 9.17) is 0 Å². The first-order chi connectivity index (χ1) is 7.00. The molecule has 3 heteroatoms. The number of aromatic nitrogens is 1. The van der Waals surface area contributed by atoms with Gasteiger partial charge >= 0.3 is 0 Å². The average Bonchev–Trinajstić information content (AvgIpc) is 2.16. The Morgan fingerprint density at radius 3 is 2.73 bits per heavy atom. The van der Waals surface area contributed by atoms with Crippen LogP contribution in [-0.2, 0) is 0 Å². The molecule has 2 rings (SSSR count). The van der Waals surface area contributed by atoms with Crippen molar-refractivity contribution in [3.8, 4) is 0 Å². The lowest BCUT2D eigenvalue weighted by atomic mass is 10.0. The quantitative estimate of drug-likeness (QED) is 0.645. The van der Waals surface area contributed by atoms with Gasteiger partial charge in [-0.15, -0.1) is 0 Å². The summed E-state index contributed by atoms with van der Waals surface area (Å²) in [5, 5.41) is 0. The van der Waals surface area contributed by atoms with Crippen molar-refractivity contribution in [3.05, 3.63) is 30.6 Å². The van der Waals surface area contributed by atoms with E-state index in [2.05, 4.69) is 42.2 Å². The van der Waals surface area contributed by atoms with Crippen LogP contribution in [0.15, 0.2) is 30.0 Å². The van der Waals surface area contributed by atoms with Crippen molar-refractivity contribution in [3.63, 3.8) is 0 Å². The van der Waals surface area contributed by atoms with Gasteiger partial charge in [0.15, 0.2) is 0 Å². The molecule has 0 N–H and O–H groups in total. The molecule has 2 heterocycles. The molecule has 0 atom stereocenters. The van der Waals surface area contributed by atoms with E-state index in [0.717, 1.165) is 16.9 Å². The highest BCUT2D eigenvalue weighted by Crippen LogP contribution is 2.33. The first kappa shape index (κ1) is 9.90. The standard InChI is InChI=1S/C12H15N3/c1-9-10-5-6-13-7-11(10)14-8-15(9)12(2,3)4/h5-8H,1H2,2-4H3. The fraction of sp³-hybridized carbons (Fsp3) is 0.333. The second kappa shape index (κ2) is 3.19. The van der Waals surface area contributed by atoms with Crippen LogP contribution in [0.1, 0.15) is 26.3 Å². The first-order valence-corrected chi connectivity index (χ1v) is 4.97. The highest BCUT2D eigenvalue weighted by atomic mass is 15.2. The van der Waals surface area contributed by atoms with Gasteiger partial charge in [0.1, 0.15) is 0 Å². The SMILES string of the molecule is C=C1c2ccncc2N=CN1C(C)(C)C. The number of rotatable bonds is 0. The Bertz CT molecular complexity index is 427. The van der Waals surface area contributed by atoms with Crippen molar-refractivity contribution in [1.29, 1.82) is 0 Å². The fourth-order valence-electron chi connectivity index (χ4n) is 1.63. The summed E-state index contributed by atoms with van der Waals surface area (Å²) in [6, 6.07) is 1.95. The summed E-state index contributed by atoms with van der Waals surface area (Å²) in [5.74, 6) is 0. The maximum absolute atomic E-state index is 4.37. The minimum Gasteiger partial charge on any atom is -0.327 e. The smallest absolute Gasteiger partial charge is 0.0962 e. The molecule has 0 fully saturated rings. The van der Waals surface area contributed by atoms with Crippen LogP contribution in [0, 0.1) is 0 Å². The monoisotopic (exact) mass is 201 g/mol. The molecule has 0 bridgehead atoms. The number of hydrogen-bond donors (Lipinski definition) is 0. The van der Waals surface area contributed by atoms with Crippen molar-refractivity contribution in [2.24, 2.45) is 4.99 Å². The third kappa shape index (κ3) is 1.65. The lowest BCUT2D eigenvalue weighted by molar-refractivity contribution is 0.334. The Labute approximate surface area is 90.2 Å². The van der Waals surface area contributed by atoms with E-state index in [1.165, 1.54) is 0 Å². The topological polar surface area (TPSA) is 28.5 Å². The molecule has 0 spiro atoms. The van der Waals surface area contributed by atoms with Gasteiger partial charge in [-0.3, -0.25) is 4.98 Å². The summed E-state index contributed by atoms with van der Waals surface area (Å²) < 4.78 is 0. The molecule has 0 aliphatic carbocycles. The van der Waals surface area contributed by atoms with Gasteiger partial charge in [0.2, 0.25) is 0 Å². The van der Waals surface area contributed by atoms with Gasteiger partial charge in [-0.2, -0.15) is 0 Å². The number of nitrogens with zero attached hydrogens (tertiary/aromatic N) is 3. The largest absolute Gasteiger partial charge is 0.327 e. The molecule has 0 amide bonds. The third-order valence-corrected chi connectivity index (χ3v) is 2.44. The zero-order valence-electron chi connectivity index (χ0n) is 9.36. The number of pyridine rings is 1. The van der Waals surface area contributed by atoms with E-state index in [0.29, 0.717) is 0 Å². The van der Waals surface area contributed by atoms with Crippen LogP contribution in [0.4, 0.5) is 5.69 Å². The van der Waals surface area contributed by atoms with Crippen LogP contribution in [0.25, 0.3) is 5.70 Å². The summed E-state index contributed by atoms with van der Waals surface area (Å²) >= 11 is 0. The Kier molecular flexibility index (Phi) is 2.11. The van der Waals surface area contributed by atoms with Crippen molar-refractivity contribution < 1.29 is 0 Å². The molecule has 0 saturated carbocycles. The number of aliphatic imine (C=N–C) groups is 1. The Hall–Kier alpha value is -1.64. The van der Waals surface area contributed by atoms with E-state index in [-0.39, 0.29) is 5.54 Å². The van der Waals surface area contributed by atoms with Gasteiger partial charge in [0, 0.05) is 23.0 Å². The van der Waals surface area contributed by atoms with Crippen LogP contribution in [0.5, 0.6) is 0 Å². The summed E-state index contributed by atoms with van der Waals surface area (Å²) in [4.78, 5) is 10.5. The minimum absolute atomic E-state index is 0.00153. The third-order valence-electron chi connectivity index (χ3n) is 2.44. The maximum Gasteiger partial charge on any atom is 0.0962 e. The summed E-state index contributed by atoms with van der Waals surface area (Å²) in [5.41, 5.74) is 2.93. The molecule has 0 aromatic carbocycles. The first-order valence-electron chi connectivity index (χ1n) is 4.97. The normalized spacial score (nSPS) is 15.4. The van der Waals surface area contributed by atoms with Crippen molar-refractivity contribution in [1.82, 2.24) is 9.88 Å². The number of fused-ring (bicyclic) bond motifs is 1. The second-order valence-corrected chi connectivity index (χ2v) is 4.62. The molecule has 78 valence electrons. The molecule has 3 nitrogen and oxygen atoms in total. The Balaban J connectivity index is 2.46. The summed E-state index contributed by atoms with van der Waals surface area (Å²) in [7, 11) is 0. The lowest BCUT2D eigenvalue weighted by Crippen LogP contribution is -2.39. The van der Waals surface area contributed by atoms with E-state index in [1.54, 1.807) is 12.4 Å². The Morgan fingerprint density at radius 2 is 2.07 bits per heavy atom. The molecule has 1 aromatic rings. The fourth-order valence-corrected chi connectivity index (χ4v) is 1.63. The second-order valence-electron chi connectivity index (χ2n) is 4.62. The summed E-state index contributed by atoms with van der Waals surface area (Å²) in [6.07, 6.45) is 5.36. The van der Waals surface area contributed by atoms with Crippen LogP contribution >= 0.6 is 0 Å². The van der Waals surface area contributed by atoms with Gasteiger partial charge in [-0.25, -0.2) is 4.99 Å². The van der Waals surface area contributed by atoms with Crippen LogP contribution in [0.3, 0.4) is 0 Å². The van der Waals surface area contributed by atoms with Gasteiger partial charge in [0.25, 0.3) is 0 Å². The minimum atomic E-state index is 0.00153.